The van der Waals surface area contributed by atoms with Gasteiger partial charge in [0.05, 0.1) is 12.3 Å². The summed E-state index contributed by atoms with van der Waals surface area (Å²) in [5.41, 5.74) is 2.48. The Kier molecular flexibility index (Phi) is 8.41. The molecule has 0 saturated carbocycles. The van der Waals surface area contributed by atoms with Gasteiger partial charge in [0.25, 0.3) is 0 Å². The van der Waals surface area contributed by atoms with Gasteiger partial charge in [-0.15, -0.1) is 10.2 Å². The Balaban J connectivity index is 1.55. The number of nitrogens with one attached hydrogen (secondary N) is 1. The van der Waals surface area contributed by atoms with Gasteiger partial charge in [-0.25, -0.2) is 0 Å². The predicted octanol–water partition coefficient (Wildman–Crippen LogP) is 5.13. The third-order valence-corrected chi connectivity index (χ3v) is 5.88. The minimum Gasteiger partial charge on any atom is -0.326 e. The quantitative estimate of drug-likeness (QED) is 0.256. The fourth-order valence-corrected chi connectivity index (χ4v) is 4.01. The predicted molar refractivity (Wildman–Crippen MR) is 125 cm³/mol. The third-order valence-electron chi connectivity index (χ3n) is 4.92. The van der Waals surface area contributed by atoms with E-state index in [0.717, 1.165) is 35.8 Å². The van der Waals surface area contributed by atoms with Gasteiger partial charge in [0.15, 0.2) is 10.9 Å². The Labute approximate surface area is 187 Å². The lowest BCUT2D eigenvalue weighted by Crippen LogP contribution is -2.11. The molecule has 0 aliphatic rings. The Morgan fingerprint density at radius 2 is 1.74 bits per heavy atom. The summed E-state index contributed by atoms with van der Waals surface area (Å²) in [7, 11) is 0. The smallest absolute Gasteiger partial charge is 0.224 e. The topological polar surface area (TPSA) is 76.9 Å². The normalized spacial score (nSPS) is 10.8. The van der Waals surface area contributed by atoms with Gasteiger partial charge in [0.2, 0.25) is 5.91 Å². The van der Waals surface area contributed by atoms with Crippen LogP contribution in [0.2, 0.25) is 0 Å². The minimum atomic E-state index is 0.0104. The monoisotopic (exact) mass is 436 g/mol. The SMILES string of the molecule is CCCCCC(=O)Nc1ccc(C(=O)CSc2nnc(C)n2Cc2ccccc2)cc1. The summed E-state index contributed by atoms with van der Waals surface area (Å²) >= 11 is 1.39. The number of ketones is 1. The number of unbranched alkanes of at least 4 members (excludes halogenated alkanes) is 2. The van der Waals surface area contributed by atoms with E-state index in [1.54, 1.807) is 24.3 Å². The van der Waals surface area contributed by atoms with E-state index in [4.69, 9.17) is 0 Å². The number of carbonyl (C=O) groups excluding carboxylic acids is 2. The zero-order chi connectivity index (χ0) is 22.1. The number of amides is 1. The summed E-state index contributed by atoms with van der Waals surface area (Å²) in [6, 6.07) is 17.2. The van der Waals surface area contributed by atoms with Gasteiger partial charge < -0.3 is 9.88 Å². The van der Waals surface area contributed by atoms with E-state index in [1.165, 1.54) is 11.8 Å². The maximum Gasteiger partial charge on any atom is 0.224 e. The molecule has 7 heteroatoms. The second kappa shape index (κ2) is 11.5. The van der Waals surface area contributed by atoms with Crippen LogP contribution in [-0.4, -0.2) is 32.2 Å². The maximum atomic E-state index is 12.6. The second-order valence-electron chi connectivity index (χ2n) is 7.40. The average molecular weight is 437 g/mol. The van der Waals surface area contributed by atoms with Crippen LogP contribution in [0.3, 0.4) is 0 Å². The van der Waals surface area contributed by atoms with E-state index < -0.39 is 0 Å². The van der Waals surface area contributed by atoms with Gasteiger partial charge >= 0.3 is 0 Å². The molecule has 162 valence electrons. The molecular formula is C24H28N4O2S. The van der Waals surface area contributed by atoms with Crippen LogP contribution in [-0.2, 0) is 11.3 Å². The Bertz CT molecular complexity index is 1000. The fraction of sp³-hybridized carbons (Fsp3) is 0.333. The summed E-state index contributed by atoms with van der Waals surface area (Å²) < 4.78 is 2.02. The highest BCUT2D eigenvalue weighted by Crippen LogP contribution is 2.20. The molecule has 0 spiro atoms. The van der Waals surface area contributed by atoms with Crippen LogP contribution in [0.4, 0.5) is 5.69 Å². The summed E-state index contributed by atoms with van der Waals surface area (Å²) in [6.07, 6.45) is 3.56. The van der Waals surface area contributed by atoms with Gasteiger partial charge in [-0.2, -0.15) is 0 Å². The van der Waals surface area contributed by atoms with Crippen molar-refractivity contribution in [3.05, 3.63) is 71.5 Å². The summed E-state index contributed by atoms with van der Waals surface area (Å²) in [5.74, 6) is 1.11. The largest absolute Gasteiger partial charge is 0.326 e. The molecule has 0 bridgehead atoms. The summed E-state index contributed by atoms with van der Waals surface area (Å²) in [5, 5.41) is 12.0. The first kappa shape index (κ1) is 22.7. The van der Waals surface area contributed by atoms with Crippen molar-refractivity contribution in [1.82, 2.24) is 14.8 Å². The van der Waals surface area contributed by atoms with E-state index in [-0.39, 0.29) is 17.4 Å². The number of aromatic nitrogens is 3. The van der Waals surface area contributed by atoms with Gasteiger partial charge in [0.1, 0.15) is 5.82 Å². The standard InChI is InChI=1S/C24H28N4O2S/c1-3-4-6-11-23(30)25-21-14-12-20(13-15-21)22(29)17-31-24-27-26-18(2)28(24)16-19-9-7-5-8-10-19/h5,7-10,12-15H,3-4,6,11,16-17H2,1-2H3,(H,25,30). The molecule has 1 amide bonds. The van der Waals surface area contributed by atoms with Gasteiger partial charge in [0, 0.05) is 17.7 Å². The third kappa shape index (κ3) is 6.79. The van der Waals surface area contributed by atoms with Crippen LogP contribution in [0.5, 0.6) is 0 Å². The van der Waals surface area contributed by atoms with Crippen LogP contribution in [0.1, 0.15) is 54.4 Å². The minimum absolute atomic E-state index is 0.0104. The summed E-state index contributed by atoms with van der Waals surface area (Å²) in [4.78, 5) is 24.6. The zero-order valence-corrected chi connectivity index (χ0v) is 18.8. The fourth-order valence-electron chi connectivity index (χ4n) is 3.13. The number of anilines is 1. The average Bonchev–Trinajstić information content (AvgIpc) is 3.12. The van der Waals surface area contributed by atoms with Crippen molar-refractivity contribution in [2.24, 2.45) is 0 Å². The molecule has 0 saturated heterocycles. The highest BCUT2D eigenvalue weighted by Gasteiger charge is 2.13. The van der Waals surface area contributed by atoms with E-state index in [9.17, 15) is 9.59 Å². The molecule has 0 radical (unpaired) electrons. The number of hydrogen-bond donors (Lipinski definition) is 1. The van der Waals surface area contributed by atoms with Crippen LogP contribution < -0.4 is 5.32 Å². The second-order valence-corrected chi connectivity index (χ2v) is 8.34. The molecule has 31 heavy (non-hydrogen) atoms. The Hall–Kier alpha value is -2.93. The molecule has 1 aromatic heterocycles. The lowest BCUT2D eigenvalue weighted by molar-refractivity contribution is -0.116. The zero-order valence-electron chi connectivity index (χ0n) is 18.0. The first-order chi connectivity index (χ1) is 15.1. The van der Waals surface area contributed by atoms with Crippen LogP contribution >= 0.6 is 11.8 Å². The van der Waals surface area contributed by atoms with E-state index >= 15 is 0 Å². The highest BCUT2D eigenvalue weighted by atomic mass is 32.2. The number of hydrogen-bond acceptors (Lipinski definition) is 5. The number of thioether (sulfide) groups is 1. The highest BCUT2D eigenvalue weighted by molar-refractivity contribution is 7.99. The molecule has 0 unspecified atom stereocenters. The molecule has 0 aliphatic carbocycles. The first-order valence-corrected chi connectivity index (χ1v) is 11.5. The number of aryl methyl sites for hydroxylation is 1. The van der Waals surface area contributed by atoms with Crippen molar-refractivity contribution in [3.8, 4) is 0 Å². The number of carbonyl (C=O) groups is 2. The van der Waals surface area contributed by atoms with Gasteiger partial charge in [-0.1, -0.05) is 61.9 Å². The molecule has 2 aromatic carbocycles. The van der Waals surface area contributed by atoms with Crippen molar-refractivity contribution in [3.63, 3.8) is 0 Å². The number of nitrogens with zero attached hydrogens (tertiary/aromatic N) is 3. The molecule has 0 fully saturated rings. The first-order valence-electron chi connectivity index (χ1n) is 10.6. The van der Waals surface area contributed by atoms with Crippen molar-refractivity contribution in [2.75, 3.05) is 11.1 Å². The van der Waals surface area contributed by atoms with Crippen LogP contribution in [0.15, 0.2) is 59.8 Å². The lowest BCUT2D eigenvalue weighted by Gasteiger charge is -2.09. The number of Topliss-reactive ketones (excluding diaryl/α,β-unsaturated/α-hetero) is 1. The Morgan fingerprint density at radius 3 is 2.45 bits per heavy atom. The molecule has 3 rings (SSSR count). The lowest BCUT2D eigenvalue weighted by atomic mass is 10.1. The van der Waals surface area contributed by atoms with E-state index in [1.807, 2.05) is 29.7 Å². The van der Waals surface area contributed by atoms with E-state index in [2.05, 4.69) is 34.6 Å². The number of rotatable bonds is 11. The molecule has 3 aromatic rings. The molecule has 6 nitrogen and oxygen atoms in total. The van der Waals surface area contributed by atoms with Crippen LogP contribution in [0, 0.1) is 6.92 Å². The van der Waals surface area contributed by atoms with Gasteiger partial charge in [-0.05, 0) is 43.2 Å². The van der Waals surface area contributed by atoms with Crippen molar-refractivity contribution < 1.29 is 9.59 Å². The molecule has 0 aliphatic heterocycles. The van der Waals surface area contributed by atoms with Crippen molar-refractivity contribution in [2.45, 2.75) is 51.2 Å². The van der Waals surface area contributed by atoms with Crippen molar-refractivity contribution >= 4 is 29.1 Å². The summed E-state index contributed by atoms with van der Waals surface area (Å²) in [6.45, 7) is 4.69. The number of benzene rings is 2. The van der Waals surface area contributed by atoms with Gasteiger partial charge in [-0.3, -0.25) is 9.59 Å². The molecule has 0 atom stereocenters. The van der Waals surface area contributed by atoms with Crippen LogP contribution in [0.25, 0.3) is 0 Å². The van der Waals surface area contributed by atoms with Crippen molar-refractivity contribution in [1.29, 1.82) is 0 Å². The Morgan fingerprint density at radius 1 is 1.00 bits per heavy atom. The van der Waals surface area contributed by atoms with E-state index in [0.29, 0.717) is 24.2 Å². The molecular weight excluding hydrogens is 408 g/mol. The molecule has 1 N–H and O–H groups in total. The molecule has 1 heterocycles. The maximum absolute atomic E-state index is 12.6.